The molecular formula is C34H35NO5. The first kappa shape index (κ1) is 27.3. The second-order valence-electron chi connectivity index (χ2n) is 10.6. The molecule has 1 aliphatic carbocycles. The number of carbonyl (C=O) groups is 2. The number of carboxylic acids is 2. The summed E-state index contributed by atoms with van der Waals surface area (Å²) >= 11 is 0. The summed E-state index contributed by atoms with van der Waals surface area (Å²) in [4.78, 5) is 22.5. The van der Waals surface area contributed by atoms with E-state index in [1.807, 2.05) is 60.8 Å². The molecule has 0 aliphatic heterocycles. The number of ether oxygens (including phenoxy) is 1. The van der Waals surface area contributed by atoms with Gasteiger partial charge in [0.1, 0.15) is 12.3 Å². The number of fused-ring (bicyclic) bond motifs is 2. The molecule has 0 fully saturated rings. The number of rotatable bonds is 13. The van der Waals surface area contributed by atoms with E-state index in [0.29, 0.717) is 19.4 Å². The molecule has 0 saturated carbocycles. The van der Waals surface area contributed by atoms with E-state index in [9.17, 15) is 14.7 Å². The van der Waals surface area contributed by atoms with Crippen molar-refractivity contribution in [2.24, 2.45) is 5.92 Å². The van der Waals surface area contributed by atoms with Gasteiger partial charge in [-0.2, -0.15) is 0 Å². The van der Waals surface area contributed by atoms with Gasteiger partial charge >= 0.3 is 11.9 Å². The van der Waals surface area contributed by atoms with E-state index < -0.39 is 11.9 Å². The molecule has 40 heavy (non-hydrogen) atoms. The molecule has 206 valence electrons. The number of nitrogens with zero attached hydrogens (tertiary/aromatic N) is 1. The van der Waals surface area contributed by atoms with Gasteiger partial charge in [-0.3, -0.25) is 9.59 Å². The Bertz CT molecular complexity index is 1490. The molecule has 4 aromatic rings. The van der Waals surface area contributed by atoms with Crippen LogP contribution in [0.2, 0.25) is 0 Å². The predicted molar refractivity (Wildman–Crippen MR) is 158 cm³/mol. The lowest BCUT2D eigenvalue weighted by atomic mass is 10.0. The minimum atomic E-state index is -0.920. The van der Waals surface area contributed by atoms with Crippen molar-refractivity contribution in [2.45, 2.75) is 51.5 Å². The topological polar surface area (TPSA) is 88.8 Å². The molecule has 1 aromatic heterocycles. The Morgan fingerprint density at radius 1 is 0.875 bits per heavy atom. The first-order valence-electron chi connectivity index (χ1n) is 14.0. The average Bonchev–Trinajstić information content (AvgIpc) is 3.51. The molecule has 0 amide bonds. The highest BCUT2D eigenvalue weighted by molar-refractivity contribution is 5.94. The molecule has 1 heterocycles. The van der Waals surface area contributed by atoms with E-state index >= 15 is 0 Å². The lowest BCUT2D eigenvalue weighted by molar-refractivity contribution is -0.138. The zero-order chi connectivity index (χ0) is 27.9. The molecule has 0 bridgehead atoms. The van der Waals surface area contributed by atoms with E-state index in [0.717, 1.165) is 45.7 Å². The van der Waals surface area contributed by atoms with Crippen molar-refractivity contribution in [3.8, 4) is 5.75 Å². The zero-order valence-electron chi connectivity index (χ0n) is 22.6. The fraction of sp³-hybridized carbons (Fsp3) is 0.294. The quantitative estimate of drug-likeness (QED) is 0.143. The summed E-state index contributed by atoms with van der Waals surface area (Å²) < 4.78 is 7.75. The van der Waals surface area contributed by atoms with E-state index in [1.54, 1.807) is 4.57 Å². The first-order chi connectivity index (χ1) is 19.5. The van der Waals surface area contributed by atoms with Crippen molar-refractivity contribution in [3.05, 3.63) is 101 Å². The van der Waals surface area contributed by atoms with Gasteiger partial charge in [-0.05, 0) is 84.4 Å². The predicted octanol–water partition coefficient (Wildman–Crippen LogP) is 6.88. The van der Waals surface area contributed by atoms with E-state index in [4.69, 9.17) is 9.84 Å². The van der Waals surface area contributed by atoms with Gasteiger partial charge in [0.15, 0.2) is 0 Å². The third kappa shape index (κ3) is 6.81. The molecule has 1 aliphatic rings. The fourth-order valence-corrected chi connectivity index (χ4v) is 5.77. The molecule has 0 spiro atoms. The highest BCUT2D eigenvalue weighted by Gasteiger charge is 2.20. The van der Waals surface area contributed by atoms with E-state index in [2.05, 4.69) is 24.3 Å². The highest BCUT2D eigenvalue weighted by Crippen LogP contribution is 2.30. The van der Waals surface area contributed by atoms with Gasteiger partial charge in [-0.1, -0.05) is 66.7 Å². The maximum atomic E-state index is 11.5. The lowest BCUT2D eigenvalue weighted by Crippen LogP contribution is -2.07. The Labute approximate surface area is 234 Å². The maximum absolute atomic E-state index is 11.5. The third-order valence-corrected chi connectivity index (χ3v) is 7.65. The van der Waals surface area contributed by atoms with Crippen LogP contribution in [0.15, 0.2) is 72.9 Å². The van der Waals surface area contributed by atoms with Crippen molar-refractivity contribution < 1.29 is 24.5 Å². The van der Waals surface area contributed by atoms with Crippen molar-refractivity contribution in [3.63, 3.8) is 0 Å². The summed E-state index contributed by atoms with van der Waals surface area (Å²) in [5.74, 6) is -0.174. The van der Waals surface area contributed by atoms with Crippen molar-refractivity contribution in [2.75, 3.05) is 6.61 Å². The minimum absolute atomic E-state index is 0.0835. The third-order valence-electron chi connectivity index (χ3n) is 7.65. The van der Waals surface area contributed by atoms with Gasteiger partial charge < -0.3 is 19.5 Å². The van der Waals surface area contributed by atoms with Crippen LogP contribution < -0.4 is 4.74 Å². The van der Waals surface area contributed by atoms with Gasteiger partial charge in [-0.15, -0.1) is 0 Å². The molecule has 6 nitrogen and oxygen atoms in total. The van der Waals surface area contributed by atoms with Crippen LogP contribution >= 0.6 is 0 Å². The monoisotopic (exact) mass is 537 g/mol. The molecular weight excluding hydrogens is 502 g/mol. The number of aromatic nitrogens is 1. The van der Waals surface area contributed by atoms with Crippen molar-refractivity contribution >= 4 is 35.0 Å². The lowest BCUT2D eigenvalue weighted by Gasteiger charge is -2.10. The number of benzene rings is 3. The number of carboxylic acid groups (broad SMARTS) is 2. The van der Waals surface area contributed by atoms with Crippen LogP contribution in [-0.2, 0) is 35.4 Å². The minimum Gasteiger partial charge on any atom is -0.494 e. The molecule has 0 atom stereocenters. The highest BCUT2D eigenvalue weighted by atomic mass is 16.5. The van der Waals surface area contributed by atoms with Gasteiger partial charge in [0.2, 0.25) is 0 Å². The molecule has 5 rings (SSSR count). The Kier molecular flexibility index (Phi) is 8.65. The van der Waals surface area contributed by atoms with Crippen LogP contribution in [0.4, 0.5) is 0 Å². The standard InChI is InChI=1S/C34H35NO5/c36-32(37)12-4-10-29-22-35(23-33(38)39)34-26(9-3-11-31(29)34)16-13-24-14-17-30(18-15-24)40-19-5-6-25-20-27-7-1-2-8-28(27)21-25/h1-3,7-9,11,13-18,22,25H,4-6,10,12,19-21,23H2,(H,36,37)(H,38,39). The van der Waals surface area contributed by atoms with E-state index in [-0.39, 0.29) is 13.0 Å². The van der Waals surface area contributed by atoms with E-state index in [1.165, 1.54) is 30.4 Å². The summed E-state index contributed by atoms with van der Waals surface area (Å²) in [6.45, 7) is 0.555. The largest absolute Gasteiger partial charge is 0.494 e. The Morgan fingerprint density at radius 2 is 1.62 bits per heavy atom. The summed E-state index contributed by atoms with van der Waals surface area (Å²) in [5, 5.41) is 19.4. The summed E-state index contributed by atoms with van der Waals surface area (Å²) in [6.07, 6.45) is 11.6. The molecule has 0 unspecified atom stereocenters. The van der Waals surface area contributed by atoms with Gasteiger partial charge in [-0.25, -0.2) is 0 Å². The second-order valence-corrected chi connectivity index (χ2v) is 10.6. The number of aryl methyl sites for hydroxylation is 1. The van der Waals surface area contributed by atoms with Crippen LogP contribution in [0.5, 0.6) is 5.75 Å². The van der Waals surface area contributed by atoms with Gasteiger partial charge in [0.25, 0.3) is 0 Å². The number of hydrogen-bond acceptors (Lipinski definition) is 3. The Hall–Kier alpha value is -4.32. The number of para-hydroxylation sites is 1. The Morgan fingerprint density at radius 3 is 2.33 bits per heavy atom. The number of aliphatic carboxylic acids is 2. The first-order valence-corrected chi connectivity index (χ1v) is 14.0. The van der Waals surface area contributed by atoms with Crippen LogP contribution in [0, 0.1) is 5.92 Å². The molecule has 0 saturated heterocycles. The average molecular weight is 538 g/mol. The van der Waals surface area contributed by atoms with Gasteiger partial charge in [0.05, 0.1) is 12.1 Å². The molecule has 0 radical (unpaired) electrons. The van der Waals surface area contributed by atoms with Crippen LogP contribution in [-0.4, -0.2) is 33.3 Å². The Balaban J connectivity index is 1.19. The summed E-state index contributed by atoms with van der Waals surface area (Å²) in [7, 11) is 0. The number of hydrogen-bond donors (Lipinski definition) is 2. The maximum Gasteiger partial charge on any atom is 0.323 e. The van der Waals surface area contributed by atoms with Crippen LogP contribution in [0.1, 0.15) is 53.5 Å². The van der Waals surface area contributed by atoms with Crippen molar-refractivity contribution in [1.82, 2.24) is 4.57 Å². The van der Waals surface area contributed by atoms with Crippen molar-refractivity contribution in [1.29, 1.82) is 0 Å². The molecule has 6 heteroatoms. The fourth-order valence-electron chi connectivity index (χ4n) is 5.77. The zero-order valence-corrected chi connectivity index (χ0v) is 22.6. The second kappa shape index (κ2) is 12.7. The molecule has 2 N–H and O–H groups in total. The SMILES string of the molecule is O=C(O)CCCc1cn(CC(=O)O)c2c(C=Cc3ccc(OCCCC4Cc5ccccc5C4)cc3)cccc12. The van der Waals surface area contributed by atoms with Crippen LogP contribution in [0.3, 0.4) is 0 Å². The summed E-state index contributed by atoms with van der Waals surface area (Å²) in [6, 6.07) is 22.7. The molecule has 3 aromatic carbocycles. The van der Waals surface area contributed by atoms with Gasteiger partial charge in [0, 0.05) is 18.0 Å². The normalized spacial score (nSPS) is 13.2. The summed E-state index contributed by atoms with van der Waals surface area (Å²) in [5.41, 5.74) is 6.74. The van der Waals surface area contributed by atoms with Crippen LogP contribution in [0.25, 0.3) is 23.1 Å². The smallest absolute Gasteiger partial charge is 0.323 e.